The quantitative estimate of drug-likeness (QED) is 0.905. The molecule has 1 aliphatic heterocycles. The van der Waals surface area contributed by atoms with E-state index in [1.807, 2.05) is 31.3 Å². The van der Waals surface area contributed by atoms with Crippen molar-refractivity contribution in [1.29, 1.82) is 0 Å². The Bertz CT molecular complexity index is 665. The van der Waals surface area contributed by atoms with Gasteiger partial charge in [-0.25, -0.2) is 9.97 Å². The fourth-order valence-corrected chi connectivity index (χ4v) is 2.09. The average Bonchev–Trinajstić information content (AvgIpc) is 2.49. The average molecular weight is 280 g/mol. The van der Waals surface area contributed by atoms with Gasteiger partial charge in [0.25, 0.3) is 0 Å². The number of aromatic nitrogens is 4. The van der Waals surface area contributed by atoms with E-state index in [-0.39, 0.29) is 0 Å². The lowest BCUT2D eigenvalue weighted by Gasteiger charge is -2.31. The molecule has 3 heterocycles. The van der Waals surface area contributed by atoms with Crippen molar-refractivity contribution in [2.24, 2.45) is 0 Å². The molecule has 1 atom stereocenters. The van der Waals surface area contributed by atoms with Crippen LogP contribution in [0.1, 0.15) is 24.1 Å². The normalized spacial score (nSPS) is 17.2. The van der Waals surface area contributed by atoms with Crippen LogP contribution in [0.15, 0.2) is 54.9 Å². The molecule has 21 heavy (non-hydrogen) atoms. The zero-order chi connectivity index (χ0) is 14.5. The van der Waals surface area contributed by atoms with E-state index >= 15 is 0 Å². The first-order chi connectivity index (χ1) is 10.3. The second kappa shape index (κ2) is 6.23. The molecule has 0 spiro atoms. The number of hydrogen-bond donors (Lipinski definition) is 1. The molecule has 6 heteroatoms. The predicted molar refractivity (Wildman–Crippen MR) is 77.8 cm³/mol. The predicted octanol–water partition coefficient (Wildman–Crippen LogP) is 0.962. The largest absolute Gasteiger partial charge is 0.487 e. The van der Waals surface area contributed by atoms with Crippen LogP contribution in [0.3, 0.4) is 0 Å². The van der Waals surface area contributed by atoms with E-state index in [1.54, 1.807) is 24.8 Å². The van der Waals surface area contributed by atoms with Gasteiger partial charge in [0.15, 0.2) is 0 Å². The highest BCUT2D eigenvalue weighted by Crippen LogP contribution is 2.04. The van der Waals surface area contributed by atoms with Crippen LogP contribution in [0.25, 0.3) is 5.43 Å². The summed E-state index contributed by atoms with van der Waals surface area (Å²) in [5.74, 6) is 0.751. The van der Waals surface area contributed by atoms with Crippen molar-refractivity contribution in [3.8, 4) is 0 Å². The highest BCUT2D eigenvalue weighted by molar-refractivity contribution is 5.18. The molecule has 0 amide bonds. The standard InChI is InChI=1S/C15H16N6/c1-12-3-2-8-21(20-12)11-13-4-5-18-15(19-13)9-14-10-16-6-7-17-14/h2-8,10,21H,9,11H2,1H3. The smallest absolute Gasteiger partial charge is 0.134 e. The highest BCUT2D eigenvalue weighted by atomic mass is 15.5. The molecule has 2 aromatic rings. The fraction of sp³-hybridized carbons (Fsp3) is 0.200. The van der Waals surface area contributed by atoms with Gasteiger partial charge in [0.2, 0.25) is 0 Å². The molecule has 6 nitrogen and oxygen atoms in total. The highest BCUT2D eigenvalue weighted by Gasteiger charge is 2.06. The molecule has 1 aliphatic rings. The first-order valence-corrected chi connectivity index (χ1v) is 6.78. The van der Waals surface area contributed by atoms with Gasteiger partial charge in [-0.3, -0.25) is 9.97 Å². The van der Waals surface area contributed by atoms with Gasteiger partial charge in [-0.05, 0) is 12.1 Å². The Kier molecular flexibility index (Phi) is 3.97. The van der Waals surface area contributed by atoms with E-state index in [1.165, 1.54) is 0 Å². The van der Waals surface area contributed by atoms with E-state index in [4.69, 9.17) is 0 Å². The number of quaternary nitrogens is 1. The van der Waals surface area contributed by atoms with Gasteiger partial charge in [0.05, 0.1) is 24.0 Å². The Balaban J connectivity index is 1.69. The minimum absolute atomic E-state index is 0.586. The zero-order valence-corrected chi connectivity index (χ0v) is 11.8. The van der Waals surface area contributed by atoms with Crippen molar-refractivity contribution in [1.82, 2.24) is 19.9 Å². The van der Waals surface area contributed by atoms with Crippen LogP contribution < -0.4 is 5.01 Å². The maximum atomic E-state index is 4.57. The number of hydrogen-bond acceptors (Lipinski definition) is 4. The zero-order valence-electron chi connectivity index (χ0n) is 11.8. The third-order valence-electron chi connectivity index (χ3n) is 3.03. The lowest BCUT2D eigenvalue weighted by Crippen LogP contribution is -3.02. The summed E-state index contributed by atoms with van der Waals surface area (Å²) >= 11 is 0. The van der Waals surface area contributed by atoms with Crippen LogP contribution in [0.4, 0.5) is 0 Å². The van der Waals surface area contributed by atoms with Crippen LogP contribution in [0.5, 0.6) is 0 Å². The van der Waals surface area contributed by atoms with E-state index in [2.05, 4.69) is 25.4 Å². The molecule has 0 radical (unpaired) electrons. The third kappa shape index (κ3) is 3.70. The topological polar surface area (TPSA) is 70.1 Å². The second-order valence-electron chi connectivity index (χ2n) is 4.78. The van der Waals surface area contributed by atoms with Gasteiger partial charge >= 0.3 is 0 Å². The van der Waals surface area contributed by atoms with Gasteiger partial charge in [0.1, 0.15) is 12.4 Å². The van der Waals surface area contributed by atoms with Crippen molar-refractivity contribution in [3.05, 3.63) is 77.5 Å². The van der Waals surface area contributed by atoms with Gasteiger partial charge in [0, 0.05) is 24.8 Å². The molecule has 1 unspecified atom stereocenters. The minimum Gasteiger partial charge on any atom is -0.487 e. The molecule has 106 valence electrons. The van der Waals surface area contributed by atoms with E-state index in [0.29, 0.717) is 13.0 Å². The lowest BCUT2D eigenvalue weighted by molar-refractivity contribution is -0.820. The third-order valence-corrected chi connectivity index (χ3v) is 3.03. The minimum atomic E-state index is 0.586. The molecule has 0 saturated heterocycles. The fourth-order valence-electron chi connectivity index (χ4n) is 2.09. The van der Waals surface area contributed by atoms with Gasteiger partial charge in [-0.15, -0.1) is 5.70 Å². The van der Waals surface area contributed by atoms with Crippen molar-refractivity contribution in [3.63, 3.8) is 0 Å². The number of rotatable bonds is 4. The summed E-state index contributed by atoms with van der Waals surface area (Å²) < 4.78 is 0. The Morgan fingerprint density at radius 1 is 1.14 bits per heavy atom. The second-order valence-corrected chi connectivity index (χ2v) is 4.78. The van der Waals surface area contributed by atoms with Crippen LogP contribution in [-0.2, 0) is 13.0 Å². The molecule has 0 fully saturated rings. The Labute approximate surface area is 123 Å². The first kappa shape index (κ1) is 13.4. The van der Waals surface area contributed by atoms with Crippen LogP contribution in [0.2, 0.25) is 0 Å². The van der Waals surface area contributed by atoms with Crippen LogP contribution in [0, 0.1) is 0 Å². The molecule has 0 aliphatic carbocycles. The van der Waals surface area contributed by atoms with E-state index in [0.717, 1.165) is 27.9 Å². The Hall–Kier alpha value is -2.60. The molecule has 3 rings (SSSR count). The maximum Gasteiger partial charge on any atom is 0.134 e. The van der Waals surface area contributed by atoms with Gasteiger partial charge in [-0.2, -0.15) is 0 Å². The Morgan fingerprint density at radius 2 is 2.10 bits per heavy atom. The molecular weight excluding hydrogens is 264 g/mol. The Morgan fingerprint density at radius 3 is 2.90 bits per heavy atom. The maximum absolute atomic E-state index is 4.57. The molecule has 0 saturated carbocycles. The summed E-state index contributed by atoms with van der Waals surface area (Å²) in [6.07, 6.45) is 13.4. The molecule has 1 N–H and O–H groups in total. The van der Waals surface area contributed by atoms with Gasteiger partial charge in [-0.1, -0.05) is 13.0 Å². The summed E-state index contributed by atoms with van der Waals surface area (Å²) in [5.41, 5.74) is 7.34. The summed E-state index contributed by atoms with van der Waals surface area (Å²) in [4.78, 5) is 17.2. The summed E-state index contributed by atoms with van der Waals surface area (Å²) in [6, 6.07) is 1.92. The molecule has 2 aromatic heterocycles. The van der Waals surface area contributed by atoms with Crippen molar-refractivity contribution >= 4 is 0 Å². The monoisotopic (exact) mass is 280 g/mol. The number of nitrogens with one attached hydrogen (secondary N) is 1. The van der Waals surface area contributed by atoms with Gasteiger partial charge < -0.3 is 10.4 Å². The van der Waals surface area contributed by atoms with Crippen molar-refractivity contribution in [2.45, 2.75) is 19.9 Å². The van der Waals surface area contributed by atoms with Crippen molar-refractivity contribution in [2.75, 3.05) is 0 Å². The summed E-state index contributed by atoms with van der Waals surface area (Å²) in [5, 5.41) is 1.01. The summed E-state index contributed by atoms with van der Waals surface area (Å²) in [7, 11) is 0. The molecule has 0 aromatic carbocycles. The number of allylic oxidation sites excluding steroid dienone is 3. The first-order valence-electron chi connectivity index (χ1n) is 6.78. The van der Waals surface area contributed by atoms with Crippen LogP contribution >= 0.6 is 0 Å². The number of nitrogens with zero attached hydrogens (tertiary/aromatic N) is 5. The van der Waals surface area contributed by atoms with Crippen LogP contribution in [-0.4, -0.2) is 19.9 Å². The van der Waals surface area contributed by atoms with E-state index in [9.17, 15) is 0 Å². The lowest BCUT2D eigenvalue weighted by atomic mass is 10.3. The molecular formula is C15H16N6. The SMILES string of the molecule is CC1=CC=C[NH+](Cc2ccnc(Cc3cnccn3)n2)[N-]1. The summed E-state index contributed by atoms with van der Waals surface area (Å²) in [6.45, 7) is 2.70. The van der Waals surface area contributed by atoms with Crippen molar-refractivity contribution < 1.29 is 5.01 Å². The van der Waals surface area contributed by atoms with E-state index < -0.39 is 0 Å². The molecule has 0 bridgehead atoms.